The van der Waals surface area contributed by atoms with Crippen molar-refractivity contribution in [3.05, 3.63) is 101 Å². The minimum Gasteiger partial charge on any atom is -0.478 e. The molecule has 0 saturated carbocycles. The van der Waals surface area contributed by atoms with E-state index in [0.717, 1.165) is 29.5 Å². The van der Waals surface area contributed by atoms with Gasteiger partial charge in [0.2, 0.25) is 10.0 Å². The molecule has 5 nitrogen and oxygen atoms in total. The number of carboxylic acid groups (broad SMARTS) is 1. The Morgan fingerprint density at radius 1 is 0.793 bits per heavy atom. The average Bonchev–Trinajstić information content (AvgIpc) is 2.70. The third-order valence-corrected chi connectivity index (χ3v) is 5.84. The van der Waals surface area contributed by atoms with Crippen molar-refractivity contribution in [2.24, 2.45) is 0 Å². The highest BCUT2D eigenvalue weighted by Crippen LogP contribution is 2.20. The number of nitrogens with one attached hydrogen (secondary N) is 1. The monoisotopic (exact) mass is 409 g/mol. The Labute approximate surface area is 171 Å². The van der Waals surface area contributed by atoms with Crippen molar-refractivity contribution in [1.82, 2.24) is 0 Å². The Hall–Kier alpha value is -3.12. The van der Waals surface area contributed by atoms with Gasteiger partial charge in [0.05, 0.1) is 17.0 Å². The van der Waals surface area contributed by atoms with Crippen LogP contribution in [0, 0.1) is 0 Å². The molecule has 2 N–H and O–H groups in total. The summed E-state index contributed by atoms with van der Waals surface area (Å²) in [5.74, 6) is -1.01. The molecular weight excluding hydrogens is 386 g/mol. The largest absolute Gasteiger partial charge is 0.478 e. The van der Waals surface area contributed by atoms with Crippen molar-refractivity contribution in [2.75, 3.05) is 4.72 Å². The second-order valence-electron chi connectivity index (χ2n) is 6.86. The average molecular weight is 410 g/mol. The third kappa shape index (κ3) is 6.19. The summed E-state index contributed by atoms with van der Waals surface area (Å²) in [4.78, 5) is 10.9. The molecule has 0 fully saturated rings. The Kier molecular flexibility index (Phi) is 6.67. The van der Waals surface area contributed by atoms with Crippen LogP contribution >= 0.6 is 0 Å². The van der Waals surface area contributed by atoms with E-state index in [1.54, 1.807) is 30.3 Å². The number of anilines is 1. The van der Waals surface area contributed by atoms with E-state index in [9.17, 15) is 13.2 Å². The molecule has 3 aromatic rings. The lowest BCUT2D eigenvalue weighted by Gasteiger charge is -2.13. The van der Waals surface area contributed by atoms with E-state index in [1.807, 2.05) is 48.5 Å². The summed E-state index contributed by atoms with van der Waals surface area (Å²) in [6.07, 6.45) is 2.32. The van der Waals surface area contributed by atoms with Gasteiger partial charge in [-0.05, 0) is 54.2 Å². The van der Waals surface area contributed by atoms with Crippen molar-refractivity contribution >= 4 is 21.7 Å². The molecular formula is C23H23NO4S. The summed E-state index contributed by atoms with van der Waals surface area (Å²) in [5, 5.41) is 8.96. The first kappa shape index (κ1) is 20.6. The molecule has 3 rings (SSSR count). The first-order valence-electron chi connectivity index (χ1n) is 9.37. The fourth-order valence-electron chi connectivity index (χ4n) is 3.13. The van der Waals surface area contributed by atoms with Gasteiger partial charge in [0, 0.05) is 0 Å². The topological polar surface area (TPSA) is 83.5 Å². The Balaban J connectivity index is 1.62. The molecule has 0 bridgehead atoms. The van der Waals surface area contributed by atoms with Crippen molar-refractivity contribution < 1.29 is 18.3 Å². The Bertz CT molecular complexity index is 1060. The van der Waals surface area contributed by atoms with Gasteiger partial charge in [0.15, 0.2) is 0 Å². The molecule has 0 radical (unpaired) electrons. The van der Waals surface area contributed by atoms with E-state index < -0.39 is 16.0 Å². The number of aromatic carboxylic acids is 1. The molecule has 3 aromatic carbocycles. The van der Waals surface area contributed by atoms with Crippen LogP contribution in [-0.4, -0.2) is 19.5 Å². The van der Waals surface area contributed by atoms with Crippen LogP contribution in [0.4, 0.5) is 5.69 Å². The number of benzene rings is 3. The van der Waals surface area contributed by atoms with Crippen molar-refractivity contribution in [2.45, 2.75) is 25.0 Å². The van der Waals surface area contributed by atoms with Crippen molar-refractivity contribution in [3.8, 4) is 0 Å². The molecule has 0 amide bonds. The molecule has 0 aromatic heterocycles. The minimum atomic E-state index is -3.51. The highest BCUT2D eigenvalue weighted by Gasteiger charge is 2.13. The maximum absolute atomic E-state index is 12.5. The molecule has 0 atom stereocenters. The standard InChI is InChI=1S/C23H23NO4S/c25-23(26)21-15-13-18(14-16-21)9-6-11-20-10-4-5-12-22(20)24-29(27,28)17-19-7-2-1-3-8-19/h1-5,7-8,10,12-16,24H,6,9,11,17H2,(H,25,26). The fourth-order valence-corrected chi connectivity index (χ4v) is 4.37. The maximum atomic E-state index is 12.5. The number of carboxylic acids is 1. The zero-order valence-corrected chi connectivity index (χ0v) is 16.7. The molecule has 150 valence electrons. The lowest BCUT2D eigenvalue weighted by atomic mass is 10.0. The molecule has 29 heavy (non-hydrogen) atoms. The minimum absolute atomic E-state index is 0.0713. The third-order valence-electron chi connectivity index (χ3n) is 4.59. The number of para-hydroxylation sites is 1. The molecule has 0 unspecified atom stereocenters. The first-order valence-corrected chi connectivity index (χ1v) is 11.0. The Morgan fingerprint density at radius 3 is 2.14 bits per heavy atom. The van der Waals surface area contributed by atoms with Crippen LogP contribution in [0.5, 0.6) is 0 Å². The summed E-state index contributed by atoms with van der Waals surface area (Å²) in [5.41, 5.74) is 3.60. The predicted molar refractivity (Wildman–Crippen MR) is 115 cm³/mol. The SMILES string of the molecule is O=C(O)c1ccc(CCCc2ccccc2NS(=O)(=O)Cc2ccccc2)cc1. The summed E-state index contributed by atoms with van der Waals surface area (Å²) in [6, 6.07) is 23.3. The van der Waals surface area contributed by atoms with E-state index in [0.29, 0.717) is 12.1 Å². The second-order valence-corrected chi connectivity index (χ2v) is 8.58. The molecule has 0 spiro atoms. The normalized spacial score (nSPS) is 11.2. The summed E-state index contributed by atoms with van der Waals surface area (Å²) >= 11 is 0. The number of hydrogen-bond acceptors (Lipinski definition) is 3. The molecule has 0 aliphatic carbocycles. The predicted octanol–water partition coefficient (Wildman–Crippen LogP) is 4.50. The number of hydrogen-bond donors (Lipinski definition) is 2. The van der Waals surface area contributed by atoms with E-state index >= 15 is 0 Å². The molecule has 0 saturated heterocycles. The van der Waals surface area contributed by atoms with Gasteiger partial charge in [-0.3, -0.25) is 4.72 Å². The van der Waals surface area contributed by atoms with Crippen LogP contribution in [0.15, 0.2) is 78.9 Å². The fraction of sp³-hybridized carbons (Fsp3) is 0.174. The quantitative estimate of drug-likeness (QED) is 0.545. The second kappa shape index (κ2) is 9.39. The highest BCUT2D eigenvalue weighted by atomic mass is 32.2. The van der Waals surface area contributed by atoms with Crippen LogP contribution in [0.3, 0.4) is 0 Å². The van der Waals surface area contributed by atoms with Crippen LogP contribution in [0.1, 0.15) is 33.5 Å². The number of carbonyl (C=O) groups is 1. The van der Waals surface area contributed by atoms with Gasteiger partial charge < -0.3 is 5.11 Å². The molecule has 6 heteroatoms. The number of rotatable bonds is 9. The summed E-state index contributed by atoms with van der Waals surface area (Å²) in [6.45, 7) is 0. The molecule has 0 aliphatic rings. The van der Waals surface area contributed by atoms with E-state index in [1.165, 1.54) is 0 Å². The molecule has 0 heterocycles. The van der Waals surface area contributed by atoms with Gasteiger partial charge in [0.25, 0.3) is 0 Å². The van der Waals surface area contributed by atoms with Gasteiger partial charge in [0.1, 0.15) is 0 Å². The van der Waals surface area contributed by atoms with E-state index in [4.69, 9.17) is 5.11 Å². The smallest absolute Gasteiger partial charge is 0.335 e. The van der Waals surface area contributed by atoms with Crippen molar-refractivity contribution in [1.29, 1.82) is 0 Å². The van der Waals surface area contributed by atoms with E-state index in [-0.39, 0.29) is 11.3 Å². The van der Waals surface area contributed by atoms with Gasteiger partial charge in [-0.15, -0.1) is 0 Å². The van der Waals surface area contributed by atoms with Gasteiger partial charge in [-0.1, -0.05) is 60.7 Å². The Morgan fingerprint density at radius 2 is 1.45 bits per heavy atom. The van der Waals surface area contributed by atoms with Crippen LogP contribution in [0.25, 0.3) is 0 Å². The van der Waals surface area contributed by atoms with Crippen LogP contribution in [0.2, 0.25) is 0 Å². The summed E-state index contributed by atoms with van der Waals surface area (Å²) in [7, 11) is -3.51. The lowest BCUT2D eigenvalue weighted by molar-refractivity contribution is 0.0697. The number of sulfonamides is 1. The lowest BCUT2D eigenvalue weighted by Crippen LogP contribution is -2.16. The zero-order valence-electron chi connectivity index (χ0n) is 15.9. The van der Waals surface area contributed by atoms with Crippen LogP contribution < -0.4 is 4.72 Å². The zero-order chi connectivity index (χ0) is 20.7. The first-order chi connectivity index (χ1) is 13.9. The van der Waals surface area contributed by atoms with Crippen LogP contribution in [-0.2, 0) is 28.6 Å². The molecule has 0 aliphatic heterocycles. The maximum Gasteiger partial charge on any atom is 0.335 e. The van der Waals surface area contributed by atoms with Gasteiger partial charge >= 0.3 is 5.97 Å². The van der Waals surface area contributed by atoms with E-state index in [2.05, 4.69) is 4.72 Å². The number of aryl methyl sites for hydroxylation is 2. The van der Waals surface area contributed by atoms with Crippen molar-refractivity contribution in [3.63, 3.8) is 0 Å². The highest BCUT2D eigenvalue weighted by molar-refractivity contribution is 7.91. The van der Waals surface area contributed by atoms with Gasteiger partial charge in [-0.25, -0.2) is 13.2 Å². The van der Waals surface area contributed by atoms with Gasteiger partial charge in [-0.2, -0.15) is 0 Å². The summed E-state index contributed by atoms with van der Waals surface area (Å²) < 4.78 is 27.8.